The summed E-state index contributed by atoms with van der Waals surface area (Å²) in [7, 11) is 0. The molecular weight excluding hydrogens is 232 g/mol. The summed E-state index contributed by atoms with van der Waals surface area (Å²) in [5, 5.41) is 16.0. The van der Waals surface area contributed by atoms with Crippen molar-refractivity contribution in [2.75, 3.05) is 0 Å². The van der Waals surface area contributed by atoms with Crippen LogP contribution in [-0.2, 0) is 29.1 Å². The average molecular weight is 241 g/mol. The SMILES string of the molecule is N[C@@H](CC(=O)O)C(=O)O.[CaH2].[Zn]. The van der Waals surface area contributed by atoms with Gasteiger partial charge >= 0.3 is 49.7 Å². The third-order valence-electron chi connectivity index (χ3n) is 0.712. The summed E-state index contributed by atoms with van der Waals surface area (Å²) in [5.74, 6) is -2.50. The molecule has 5 nitrogen and oxygen atoms in total. The Morgan fingerprint density at radius 3 is 1.82 bits per heavy atom. The van der Waals surface area contributed by atoms with Crippen LogP contribution in [0, 0.1) is 0 Å². The van der Waals surface area contributed by atoms with Gasteiger partial charge in [-0.3, -0.25) is 9.59 Å². The molecule has 0 unspecified atom stereocenters. The predicted octanol–water partition coefficient (Wildman–Crippen LogP) is -2.05. The van der Waals surface area contributed by atoms with Gasteiger partial charge in [-0.1, -0.05) is 0 Å². The van der Waals surface area contributed by atoms with E-state index in [1.807, 2.05) is 0 Å². The smallest absolute Gasteiger partial charge is 0 e. The zero-order chi connectivity index (χ0) is 7.44. The molecule has 11 heavy (non-hydrogen) atoms. The largest absolute Gasteiger partial charge is 0 e. The summed E-state index contributed by atoms with van der Waals surface area (Å²) >= 11 is 0. The van der Waals surface area contributed by atoms with Crippen molar-refractivity contribution in [2.45, 2.75) is 12.5 Å². The molecular formula is C4H9CaNO4Zn. The molecule has 0 bridgehead atoms. The second-order valence-corrected chi connectivity index (χ2v) is 1.54. The van der Waals surface area contributed by atoms with Gasteiger partial charge in [-0.2, -0.15) is 0 Å². The molecule has 0 fully saturated rings. The van der Waals surface area contributed by atoms with Crippen LogP contribution in [0.5, 0.6) is 0 Å². The third-order valence-corrected chi connectivity index (χ3v) is 0.712. The van der Waals surface area contributed by atoms with Crippen LogP contribution in [0.3, 0.4) is 0 Å². The van der Waals surface area contributed by atoms with Gasteiger partial charge in [0.1, 0.15) is 6.04 Å². The monoisotopic (exact) mass is 239 g/mol. The Morgan fingerprint density at radius 2 is 1.73 bits per heavy atom. The molecule has 0 rings (SSSR count). The maximum absolute atomic E-state index is 9.85. The molecule has 0 aliphatic carbocycles. The maximum atomic E-state index is 9.85. The van der Waals surface area contributed by atoms with Crippen molar-refractivity contribution in [2.24, 2.45) is 5.73 Å². The van der Waals surface area contributed by atoms with Crippen LogP contribution in [-0.4, -0.2) is 65.9 Å². The van der Waals surface area contributed by atoms with E-state index in [1.165, 1.54) is 0 Å². The molecule has 0 aliphatic rings. The Hall–Kier alpha value is 0.783. The third kappa shape index (κ3) is 10.8. The fourth-order valence-electron chi connectivity index (χ4n) is 0.275. The van der Waals surface area contributed by atoms with Crippen LogP contribution in [0.2, 0.25) is 0 Å². The number of carbonyl (C=O) groups is 2. The summed E-state index contributed by atoms with van der Waals surface area (Å²) in [4.78, 5) is 19.6. The van der Waals surface area contributed by atoms with E-state index in [1.54, 1.807) is 0 Å². The number of rotatable bonds is 3. The predicted molar refractivity (Wildman–Crippen MR) is 36.4 cm³/mol. The van der Waals surface area contributed by atoms with Gasteiger partial charge in [0, 0.05) is 19.5 Å². The van der Waals surface area contributed by atoms with Crippen molar-refractivity contribution in [1.29, 1.82) is 0 Å². The molecule has 7 heteroatoms. The van der Waals surface area contributed by atoms with Crippen LogP contribution in [0.15, 0.2) is 0 Å². The molecule has 1 atom stereocenters. The van der Waals surface area contributed by atoms with E-state index in [2.05, 4.69) is 0 Å². The van der Waals surface area contributed by atoms with Gasteiger partial charge < -0.3 is 15.9 Å². The average Bonchev–Trinajstić information content (AvgIpc) is 1.63. The van der Waals surface area contributed by atoms with Gasteiger partial charge in [0.2, 0.25) is 0 Å². The van der Waals surface area contributed by atoms with Crippen molar-refractivity contribution in [3.8, 4) is 0 Å². The molecule has 0 heterocycles. The number of hydrogen-bond donors (Lipinski definition) is 3. The van der Waals surface area contributed by atoms with Crippen molar-refractivity contribution < 1.29 is 39.3 Å². The summed E-state index contributed by atoms with van der Waals surface area (Å²) in [6, 6.07) is -1.29. The molecule has 0 saturated heterocycles. The number of carboxylic acid groups (broad SMARTS) is 2. The van der Waals surface area contributed by atoms with E-state index < -0.39 is 24.4 Å². The van der Waals surface area contributed by atoms with Crippen LogP contribution < -0.4 is 5.73 Å². The van der Waals surface area contributed by atoms with E-state index in [-0.39, 0.29) is 57.2 Å². The van der Waals surface area contributed by atoms with Crippen LogP contribution in [0.1, 0.15) is 6.42 Å². The minimum Gasteiger partial charge on any atom is 0 e. The minimum absolute atomic E-state index is 0. The molecule has 0 aromatic rings. The maximum Gasteiger partial charge on any atom is 0 e. The summed E-state index contributed by atoms with van der Waals surface area (Å²) < 4.78 is 0. The first-order valence-corrected chi connectivity index (χ1v) is 2.24. The first kappa shape index (κ1) is 17.8. The van der Waals surface area contributed by atoms with Crippen molar-refractivity contribution >= 4 is 49.7 Å². The van der Waals surface area contributed by atoms with E-state index >= 15 is 0 Å². The second-order valence-electron chi connectivity index (χ2n) is 1.54. The molecule has 0 saturated carbocycles. The minimum atomic E-state index is -1.29. The van der Waals surface area contributed by atoms with Gasteiger partial charge in [0.05, 0.1) is 6.42 Å². The molecule has 58 valence electrons. The first-order chi connectivity index (χ1) is 4.04. The van der Waals surface area contributed by atoms with E-state index in [4.69, 9.17) is 15.9 Å². The van der Waals surface area contributed by atoms with Crippen LogP contribution >= 0.6 is 0 Å². The molecule has 0 spiro atoms. The summed E-state index contributed by atoms with van der Waals surface area (Å²) in [5.41, 5.74) is 4.84. The van der Waals surface area contributed by atoms with Crippen molar-refractivity contribution in [1.82, 2.24) is 0 Å². The molecule has 0 amide bonds. The van der Waals surface area contributed by atoms with Gasteiger partial charge in [0.15, 0.2) is 0 Å². The van der Waals surface area contributed by atoms with Gasteiger partial charge in [-0.15, -0.1) is 0 Å². The van der Waals surface area contributed by atoms with E-state index in [0.29, 0.717) is 0 Å². The normalized spacial score (nSPS) is 10.3. The standard InChI is InChI=1S/C4H7NO4.Ca.Zn.2H/c5-2(4(8)9)1-3(6)7;;;;/h2H,1,5H2,(H,6,7)(H,8,9);;;;/t2-;;;;/m0..../s1. The van der Waals surface area contributed by atoms with Crippen molar-refractivity contribution in [3.05, 3.63) is 0 Å². The molecule has 4 N–H and O–H groups in total. The Kier molecular flexibility index (Phi) is 14.3. The topological polar surface area (TPSA) is 101 Å². The number of aliphatic carboxylic acids is 2. The van der Waals surface area contributed by atoms with Gasteiger partial charge in [-0.05, 0) is 0 Å². The zero-order valence-electron chi connectivity index (χ0n) is 5.28. The van der Waals surface area contributed by atoms with Crippen LogP contribution in [0.4, 0.5) is 0 Å². The number of hydrogen-bond acceptors (Lipinski definition) is 3. The Balaban J connectivity index is -0.000000320. The molecule has 0 aliphatic heterocycles. The molecule has 0 aromatic heterocycles. The van der Waals surface area contributed by atoms with Crippen molar-refractivity contribution in [3.63, 3.8) is 0 Å². The number of carboxylic acids is 2. The fourth-order valence-corrected chi connectivity index (χ4v) is 0.275. The Labute approximate surface area is 106 Å². The molecule has 0 aromatic carbocycles. The molecule has 0 radical (unpaired) electrons. The second kappa shape index (κ2) is 8.88. The van der Waals surface area contributed by atoms with Crippen LogP contribution in [0.25, 0.3) is 0 Å². The summed E-state index contributed by atoms with van der Waals surface area (Å²) in [6.45, 7) is 0. The summed E-state index contributed by atoms with van der Waals surface area (Å²) in [6.07, 6.45) is -0.532. The Bertz CT molecular complexity index is 142. The number of nitrogens with two attached hydrogens (primary N) is 1. The van der Waals surface area contributed by atoms with Gasteiger partial charge in [-0.25, -0.2) is 0 Å². The van der Waals surface area contributed by atoms with E-state index in [0.717, 1.165) is 0 Å². The first-order valence-electron chi connectivity index (χ1n) is 2.24. The Morgan fingerprint density at radius 1 is 1.36 bits per heavy atom. The van der Waals surface area contributed by atoms with E-state index in [9.17, 15) is 9.59 Å². The quantitative estimate of drug-likeness (QED) is 0.493. The fraction of sp³-hybridized carbons (Fsp3) is 0.500. The zero-order valence-corrected chi connectivity index (χ0v) is 8.25. The van der Waals surface area contributed by atoms with Gasteiger partial charge in [0.25, 0.3) is 0 Å².